The number of amides is 1. The second-order valence-electron chi connectivity index (χ2n) is 6.20. The molecule has 3 heterocycles. The largest absolute Gasteiger partial charge is 0.337 e. The molecule has 4 rings (SSSR count). The number of hydrogen-bond acceptors (Lipinski definition) is 4. The molecule has 7 heteroatoms. The average molecular weight is 359 g/mol. The molecule has 0 aliphatic heterocycles. The number of rotatable bonds is 4. The maximum absolute atomic E-state index is 12.7. The van der Waals surface area contributed by atoms with Gasteiger partial charge >= 0.3 is 0 Å². The molecule has 1 amide bonds. The maximum Gasteiger partial charge on any atom is 0.270 e. The Balaban J connectivity index is 1.56. The van der Waals surface area contributed by atoms with Crippen molar-refractivity contribution < 1.29 is 4.79 Å². The minimum absolute atomic E-state index is 0.0386. The van der Waals surface area contributed by atoms with Crippen molar-refractivity contribution in [2.45, 2.75) is 6.54 Å². The Morgan fingerprint density at radius 2 is 1.85 bits per heavy atom. The molecule has 4 aromatic rings. The van der Waals surface area contributed by atoms with E-state index in [0.717, 1.165) is 11.3 Å². The summed E-state index contributed by atoms with van der Waals surface area (Å²) in [7, 11) is 1.65. The smallest absolute Gasteiger partial charge is 0.270 e. The Bertz CT molecular complexity index is 1160. The summed E-state index contributed by atoms with van der Waals surface area (Å²) in [6, 6.07) is 15.0. The summed E-state index contributed by atoms with van der Waals surface area (Å²) in [5.41, 5.74) is 1.97. The predicted octanol–water partition coefficient (Wildman–Crippen LogP) is 2.15. The van der Waals surface area contributed by atoms with Gasteiger partial charge in [0.15, 0.2) is 0 Å². The molecule has 0 bridgehead atoms. The molecule has 0 N–H and O–H groups in total. The van der Waals surface area contributed by atoms with E-state index in [9.17, 15) is 9.59 Å². The molecule has 134 valence electrons. The third kappa shape index (κ3) is 3.22. The van der Waals surface area contributed by atoms with Gasteiger partial charge in [-0.1, -0.05) is 24.3 Å². The fourth-order valence-corrected chi connectivity index (χ4v) is 2.89. The molecule has 0 saturated heterocycles. The fraction of sp³-hybridized carbons (Fsp3) is 0.100. The van der Waals surface area contributed by atoms with Crippen molar-refractivity contribution in [3.05, 3.63) is 94.8 Å². The van der Waals surface area contributed by atoms with Crippen LogP contribution in [0.25, 0.3) is 11.3 Å². The molecule has 3 aromatic heterocycles. The van der Waals surface area contributed by atoms with Crippen molar-refractivity contribution in [2.75, 3.05) is 7.05 Å². The van der Waals surface area contributed by atoms with Crippen LogP contribution in [0.5, 0.6) is 0 Å². The van der Waals surface area contributed by atoms with Crippen LogP contribution in [-0.2, 0) is 6.54 Å². The first kappa shape index (κ1) is 16.7. The first-order chi connectivity index (χ1) is 13.1. The predicted molar refractivity (Wildman–Crippen MR) is 101 cm³/mol. The summed E-state index contributed by atoms with van der Waals surface area (Å²) >= 11 is 0. The van der Waals surface area contributed by atoms with Gasteiger partial charge in [-0.3, -0.25) is 14.0 Å². The van der Waals surface area contributed by atoms with Crippen molar-refractivity contribution in [3.63, 3.8) is 0 Å². The summed E-state index contributed by atoms with van der Waals surface area (Å²) in [5, 5.41) is 4.33. The first-order valence-electron chi connectivity index (χ1n) is 8.44. The highest BCUT2D eigenvalue weighted by molar-refractivity contribution is 5.93. The normalized spacial score (nSPS) is 10.9. The molecular weight excluding hydrogens is 342 g/mol. The summed E-state index contributed by atoms with van der Waals surface area (Å²) in [6.07, 6.45) is 6.52. The lowest BCUT2D eigenvalue weighted by Crippen LogP contribution is -2.32. The van der Waals surface area contributed by atoms with Crippen LogP contribution in [-0.4, -0.2) is 37.0 Å². The zero-order chi connectivity index (χ0) is 18.8. The topological polar surface area (TPSA) is 72.5 Å². The van der Waals surface area contributed by atoms with Gasteiger partial charge in [-0.25, -0.2) is 9.67 Å². The highest BCUT2D eigenvalue weighted by Gasteiger charge is 2.18. The molecule has 0 unspecified atom stereocenters. The van der Waals surface area contributed by atoms with E-state index in [0.29, 0.717) is 12.2 Å². The van der Waals surface area contributed by atoms with Crippen LogP contribution >= 0.6 is 0 Å². The lowest BCUT2D eigenvalue weighted by Gasteiger charge is -2.16. The van der Waals surface area contributed by atoms with E-state index >= 15 is 0 Å². The maximum atomic E-state index is 12.7. The van der Waals surface area contributed by atoms with Crippen molar-refractivity contribution in [1.29, 1.82) is 0 Å². The van der Waals surface area contributed by atoms with Crippen LogP contribution in [0.3, 0.4) is 0 Å². The lowest BCUT2D eigenvalue weighted by molar-refractivity contribution is 0.0782. The zero-order valence-electron chi connectivity index (χ0n) is 14.7. The van der Waals surface area contributed by atoms with Crippen LogP contribution in [0.15, 0.2) is 78.1 Å². The van der Waals surface area contributed by atoms with Gasteiger partial charge in [-0.2, -0.15) is 5.10 Å². The molecule has 0 saturated carbocycles. The van der Waals surface area contributed by atoms with Crippen molar-refractivity contribution in [2.24, 2.45) is 0 Å². The summed E-state index contributed by atoms with van der Waals surface area (Å²) < 4.78 is 3.12. The molecule has 27 heavy (non-hydrogen) atoms. The molecule has 7 nitrogen and oxygen atoms in total. The highest BCUT2D eigenvalue weighted by atomic mass is 16.2. The van der Waals surface area contributed by atoms with Crippen LogP contribution in [0.2, 0.25) is 0 Å². The van der Waals surface area contributed by atoms with Crippen LogP contribution in [0, 0.1) is 0 Å². The van der Waals surface area contributed by atoms with Gasteiger partial charge in [0.05, 0.1) is 11.9 Å². The number of para-hydroxylation sites is 1. The number of aromatic nitrogens is 4. The Morgan fingerprint density at radius 1 is 1.07 bits per heavy atom. The second-order valence-corrected chi connectivity index (χ2v) is 6.20. The number of carbonyl (C=O) groups is 1. The standard InChI is InChI=1S/C20H17N5O2/c1-23(13-15-11-22-25(14-15)16-7-3-2-4-8-16)19(26)17-12-21-18-9-5-6-10-24(18)20(17)27/h2-12,14H,13H2,1H3. The molecule has 0 aliphatic carbocycles. The second kappa shape index (κ2) is 6.87. The van der Waals surface area contributed by atoms with E-state index in [1.165, 1.54) is 15.5 Å². The van der Waals surface area contributed by atoms with Gasteiger partial charge in [-0.05, 0) is 24.3 Å². The first-order valence-corrected chi connectivity index (χ1v) is 8.44. The van der Waals surface area contributed by atoms with Gasteiger partial charge in [0.2, 0.25) is 0 Å². The molecule has 0 fully saturated rings. The van der Waals surface area contributed by atoms with Gasteiger partial charge in [0.1, 0.15) is 11.2 Å². The SMILES string of the molecule is CN(Cc1cnn(-c2ccccc2)c1)C(=O)c1cnc2ccccn2c1=O. The van der Waals surface area contributed by atoms with E-state index < -0.39 is 0 Å². The molecule has 1 aromatic carbocycles. The Hall–Kier alpha value is -3.74. The van der Waals surface area contributed by atoms with Crippen LogP contribution in [0.4, 0.5) is 0 Å². The number of nitrogens with zero attached hydrogens (tertiary/aromatic N) is 5. The third-order valence-electron chi connectivity index (χ3n) is 4.27. The van der Waals surface area contributed by atoms with E-state index in [1.54, 1.807) is 42.3 Å². The number of fused-ring (bicyclic) bond motifs is 1. The molecule has 0 spiro atoms. The lowest BCUT2D eigenvalue weighted by atomic mass is 10.2. The van der Waals surface area contributed by atoms with Crippen molar-refractivity contribution >= 4 is 11.6 Å². The summed E-state index contributed by atoms with van der Waals surface area (Å²) in [5.74, 6) is -0.377. The third-order valence-corrected chi connectivity index (χ3v) is 4.27. The van der Waals surface area contributed by atoms with E-state index in [-0.39, 0.29) is 17.0 Å². The fourth-order valence-electron chi connectivity index (χ4n) is 2.89. The number of pyridine rings is 1. The zero-order valence-corrected chi connectivity index (χ0v) is 14.7. The Labute approximate surface area is 155 Å². The minimum Gasteiger partial charge on any atom is -0.337 e. The van der Waals surface area contributed by atoms with Crippen LogP contribution in [0.1, 0.15) is 15.9 Å². The Morgan fingerprint density at radius 3 is 2.67 bits per heavy atom. The van der Waals surface area contributed by atoms with Crippen LogP contribution < -0.4 is 5.56 Å². The average Bonchev–Trinajstić information content (AvgIpc) is 3.17. The monoisotopic (exact) mass is 359 g/mol. The van der Waals surface area contributed by atoms with Crippen molar-refractivity contribution in [1.82, 2.24) is 24.1 Å². The number of hydrogen-bond donors (Lipinski definition) is 0. The van der Waals surface area contributed by atoms with Gasteiger partial charge in [-0.15, -0.1) is 0 Å². The summed E-state index contributed by atoms with van der Waals surface area (Å²) in [6.45, 7) is 0.336. The Kier molecular flexibility index (Phi) is 4.25. The quantitative estimate of drug-likeness (QED) is 0.560. The van der Waals surface area contributed by atoms with E-state index in [4.69, 9.17) is 0 Å². The number of carbonyl (C=O) groups excluding carboxylic acids is 1. The summed E-state index contributed by atoms with van der Waals surface area (Å²) in [4.78, 5) is 31.0. The van der Waals surface area contributed by atoms with Gasteiger partial charge in [0, 0.05) is 37.7 Å². The van der Waals surface area contributed by atoms with Gasteiger partial charge < -0.3 is 4.90 Å². The van der Waals surface area contributed by atoms with E-state index in [1.807, 2.05) is 36.5 Å². The molecular formula is C20H17N5O2. The molecule has 0 aliphatic rings. The van der Waals surface area contributed by atoms with Crippen molar-refractivity contribution in [3.8, 4) is 5.69 Å². The minimum atomic E-state index is -0.377. The van der Waals surface area contributed by atoms with Gasteiger partial charge in [0.25, 0.3) is 11.5 Å². The van der Waals surface area contributed by atoms with E-state index in [2.05, 4.69) is 10.1 Å². The molecule has 0 radical (unpaired) electrons. The molecule has 0 atom stereocenters. The number of benzene rings is 1. The highest BCUT2D eigenvalue weighted by Crippen LogP contribution is 2.10.